The number of allylic oxidation sites excluding steroid dienone is 1. The fourth-order valence-electron chi connectivity index (χ4n) is 2.26. The lowest BCUT2D eigenvalue weighted by molar-refractivity contribution is 0.224. The van der Waals surface area contributed by atoms with Crippen LogP contribution in [-0.4, -0.2) is 13.7 Å². The highest BCUT2D eigenvalue weighted by molar-refractivity contribution is 5.64. The van der Waals surface area contributed by atoms with Crippen LogP contribution in [-0.2, 0) is 0 Å². The minimum Gasteiger partial charge on any atom is -0.493 e. The Morgan fingerprint density at radius 3 is 2.52 bits per heavy atom. The zero-order valence-corrected chi connectivity index (χ0v) is 14.1. The molecule has 0 fully saturated rings. The number of methoxy groups -OCH3 is 1. The van der Waals surface area contributed by atoms with Gasteiger partial charge in [0.15, 0.2) is 11.5 Å². The molecule has 4 heteroatoms. The molecule has 1 atom stereocenters. The zero-order valence-electron chi connectivity index (χ0n) is 14.1. The third kappa shape index (κ3) is 6.04. The molecule has 0 amide bonds. The lowest BCUT2D eigenvalue weighted by Crippen LogP contribution is -2.11. The summed E-state index contributed by atoms with van der Waals surface area (Å²) in [4.78, 5) is 0. The summed E-state index contributed by atoms with van der Waals surface area (Å²) in [5.74, 6) is 1.82. The molecule has 23 heavy (non-hydrogen) atoms. The Morgan fingerprint density at radius 1 is 1.22 bits per heavy atom. The van der Waals surface area contributed by atoms with E-state index in [2.05, 4.69) is 13.8 Å². The molecular weight excluding hydrogens is 288 g/mol. The van der Waals surface area contributed by atoms with Gasteiger partial charge >= 0.3 is 0 Å². The quantitative estimate of drug-likeness (QED) is 0.619. The van der Waals surface area contributed by atoms with Gasteiger partial charge in [-0.1, -0.05) is 39.2 Å². The van der Waals surface area contributed by atoms with Gasteiger partial charge in [0.25, 0.3) is 0 Å². The average molecular weight is 312 g/mol. The van der Waals surface area contributed by atoms with Crippen LogP contribution in [0.3, 0.4) is 0 Å². The summed E-state index contributed by atoms with van der Waals surface area (Å²) in [7, 11) is 1.60. The number of nitriles is 2. The first-order valence-corrected chi connectivity index (χ1v) is 8.01. The van der Waals surface area contributed by atoms with Gasteiger partial charge in [-0.15, -0.1) is 0 Å². The number of benzene rings is 1. The van der Waals surface area contributed by atoms with Crippen molar-refractivity contribution in [3.05, 3.63) is 29.3 Å². The molecule has 1 unspecified atom stereocenters. The number of hydrogen-bond acceptors (Lipinski definition) is 4. The second kappa shape index (κ2) is 10.3. The summed E-state index contributed by atoms with van der Waals surface area (Å²) in [6, 6.07) is 9.12. The normalized spacial score (nSPS) is 11.0. The number of hydrogen-bond donors (Lipinski definition) is 0. The second-order valence-corrected chi connectivity index (χ2v) is 5.42. The first kappa shape index (κ1) is 18.6. The van der Waals surface area contributed by atoms with Crippen LogP contribution in [0.25, 0.3) is 6.08 Å². The molecule has 1 aromatic rings. The van der Waals surface area contributed by atoms with E-state index in [-0.39, 0.29) is 5.57 Å². The highest BCUT2D eigenvalue weighted by Gasteiger charge is 2.10. The van der Waals surface area contributed by atoms with Crippen molar-refractivity contribution in [2.45, 2.75) is 39.5 Å². The standard InChI is InChI=1S/C19H24N2O2/c1-4-6-7-15(5-2)14-23-19-11-16(8-9-18(19)22-3)10-17(12-20)13-21/h8-11,15H,4-7,14H2,1-3H3. The molecule has 1 aromatic carbocycles. The Balaban J connectivity index is 2.89. The number of unbranched alkanes of at least 4 members (excludes halogenated alkanes) is 1. The SMILES string of the molecule is CCCCC(CC)COc1cc(C=C(C#N)C#N)ccc1OC. The van der Waals surface area contributed by atoms with E-state index in [9.17, 15) is 0 Å². The molecule has 0 radical (unpaired) electrons. The molecule has 4 nitrogen and oxygen atoms in total. The van der Waals surface area contributed by atoms with Gasteiger partial charge in [-0.2, -0.15) is 10.5 Å². The number of rotatable bonds is 9. The molecule has 0 aliphatic carbocycles. The maximum absolute atomic E-state index is 8.85. The van der Waals surface area contributed by atoms with Crippen molar-refractivity contribution in [2.24, 2.45) is 5.92 Å². The van der Waals surface area contributed by atoms with Gasteiger partial charge in [0.1, 0.15) is 17.7 Å². The zero-order chi connectivity index (χ0) is 17.1. The monoisotopic (exact) mass is 312 g/mol. The van der Waals surface area contributed by atoms with Crippen LogP contribution in [0.5, 0.6) is 11.5 Å². The molecule has 0 bridgehead atoms. The molecule has 0 heterocycles. The first-order chi connectivity index (χ1) is 11.2. The first-order valence-electron chi connectivity index (χ1n) is 8.01. The fourth-order valence-corrected chi connectivity index (χ4v) is 2.26. The molecule has 122 valence electrons. The Bertz CT molecular complexity index is 593. The maximum Gasteiger partial charge on any atom is 0.161 e. The molecule has 0 aromatic heterocycles. The maximum atomic E-state index is 8.85. The van der Waals surface area contributed by atoms with Gasteiger partial charge in [-0.05, 0) is 36.1 Å². The third-order valence-corrected chi connectivity index (χ3v) is 3.76. The van der Waals surface area contributed by atoms with Gasteiger partial charge in [-0.25, -0.2) is 0 Å². The fraction of sp³-hybridized carbons (Fsp3) is 0.474. The van der Waals surface area contributed by atoms with Crippen LogP contribution in [0.15, 0.2) is 23.8 Å². The molecule has 0 aliphatic rings. The highest BCUT2D eigenvalue weighted by Crippen LogP contribution is 2.30. The van der Waals surface area contributed by atoms with Crippen molar-refractivity contribution >= 4 is 6.08 Å². The lowest BCUT2D eigenvalue weighted by Gasteiger charge is -2.17. The van der Waals surface area contributed by atoms with Crippen LogP contribution < -0.4 is 9.47 Å². The van der Waals surface area contributed by atoms with Gasteiger partial charge in [0, 0.05) is 0 Å². The van der Waals surface area contributed by atoms with Crippen molar-refractivity contribution in [1.82, 2.24) is 0 Å². The minimum atomic E-state index is 0.0653. The molecule has 0 saturated heterocycles. The van der Waals surface area contributed by atoms with E-state index in [1.54, 1.807) is 31.4 Å². The van der Waals surface area contributed by atoms with Crippen LogP contribution in [0, 0.1) is 28.6 Å². The molecule has 0 saturated carbocycles. The van der Waals surface area contributed by atoms with Crippen LogP contribution >= 0.6 is 0 Å². The summed E-state index contributed by atoms with van der Waals surface area (Å²) in [5.41, 5.74) is 0.816. The van der Waals surface area contributed by atoms with Crippen molar-refractivity contribution in [1.29, 1.82) is 10.5 Å². The number of ether oxygens (including phenoxy) is 2. The molecule has 0 spiro atoms. The molecule has 0 aliphatic heterocycles. The Morgan fingerprint density at radius 2 is 1.96 bits per heavy atom. The predicted octanol–water partition coefficient (Wildman–Crippen LogP) is 4.72. The van der Waals surface area contributed by atoms with E-state index in [0.29, 0.717) is 24.0 Å². The van der Waals surface area contributed by atoms with Crippen LogP contribution in [0.1, 0.15) is 45.1 Å². The summed E-state index contributed by atoms with van der Waals surface area (Å²) < 4.78 is 11.3. The molecule has 1 rings (SSSR count). The minimum absolute atomic E-state index is 0.0653. The average Bonchev–Trinajstić information content (AvgIpc) is 2.60. The van der Waals surface area contributed by atoms with Crippen molar-refractivity contribution in [3.63, 3.8) is 0 Å². The van der Waals surface area contributed by atoms with E-state index >= 15 is 0 Å². The summed E-state index contributed by atoms with van der Waals surface area (Å²) >= 11 is 0. The smallest absolute Gasteiger partial charge is 0.161 e. The Labute approximate surface area is 138 Å². The summed E-state index contributed by atoms with van der Waals surface area (Å²) in [6.45, 7) is 5.00. The van der Waals surface area contributed by atoms with Crippen molar-refractivity contribution in [2.75, 3.05) is 13.7 Å². The van der Waals surface area contributed by atoms with E-state index in [1.165, 1.54) is 12.8 Å². The van der Waals surface area contributed by atoms with Gasteiger partial charge in [-0.3, -0.25) is 0 Å². The van der Waals surface area contributed by atoms with Gasteiger partial charge in [0.2, 0.25) is 0 Å². The Hall–Kier alpha value is -2.46. The summed E-state index contributed by atoms with van der Waals surface area (Å²) in [6.07, 6.45) is 6.16. The third-order valence-electron chi connectivity index (χ3n) is 3.76. The topological polar surface area (TPSA) is 66.0 Å². The van der Waals surface area contributed by atoms with E-state index in [0.717, 1.165) is 18.4 Å². The van der Waals surface area contributed by atoms with E-state index < -0.39 is 0 Å². The van der Waals surface area contributed by atoms with Crippen molar-refractivity contribution < 1.29 is 9.47 Å². The predicted molar refractivity (Wildman–Crippen MR) is 91.0 cm³/mol. The lowest BCUT2D eigenvalue weighted by atomic mass is 10.0. The number of nitrogens with zero attached hydrogens (tertiary/aromatic N) is 2. The van der Waals surface area contributed by atoms with E-state index in [4.69, 9.17) is 20.0 Å². The van der Waals surface area contributed by atoms with Gasteiger partial charge < -0.3 is 9.47 Å². The van der Waals surface area contributed by atoms with Crippen LogP contribution in [0.2, 0.25) is 0 Å². The highest BCUT2D eigenvalue weighted by atomic mass is 16.5. The van der Waals surface area contributed by atoms with Gasteiger partial charge in [0.05, 0.1) is 13.7 Å². The van der Waals surface area contributed by atoms with Crippen LogP contribution in [0.4, 0.5) is 0 Å². The Kier molecular flexibility index (Phi) is 8.32. The summed E-state index contributed by atoms with van der Waals surface area (Å²) in [5, 5.41) is 17.7. The molecular formula is C19H24N2O2. The van der Waals surface area contributed by atoms with Crippen molar-refractivity contribution in [3.8, 4) is 23.6 Å². The van der Waals surface area contributed by atoms with E-state index in [1.807, 2.05) is 12.1 Å². The molecule has 0 N–H and O–H groups in total. The second-order valence-electron chi connectivity index (χ2n) is 5.42. The largest absolute Gasteiger partial charge is 0.493 e.